The van der Waals surface area contributed by atoms with E-state index in [0.717, 1.165) is 18.0 Å². The predicted octanol–water partition coefficient (Wildman–Crippen LogP) is 1.91. The quantitative estimate of drug-likeness (QED) is 0.657. The van der Waals surface area contributed by atoms with Crippen molar-refractivity contribution in [2.24, 2.45) is 15.9 Å². The first-order valence-electron chi connectivity index (χ1n) is 5.41. The van der Waals surface area contributed by atoms with Gasteiger partial charge in [0.05, 0.1) is 0 Å². The molecule has 0 aromatic heterocycles. The summed E-state index contributed by atoms with van der Waals surface area (Å²) in [7, 11) is 0. The summed E-state index contributed by atoms with van der Waals surface area (Å²) in [4.78, 5) is 8.88. The molecule has 0 aromatic rings. The molecule has 0 aliphatic carbocycles. The summed E-state index contributed by atoms with van der Waals surface area (Å²) >= 11 is 0. The maximum Gasteiger partial charge on any atom is 0.140 e. The van der Waals surface area contributed by atoms with Crippen molar-refractivity contribution in [3.63, 3.8) is 0 Å². The maximum atomic E-state index is 4.63. The van der Waals surface area contributed by atoms with Gasteiger partial charge < -0.3 is 0 Å². The smallest absolute Gasteiger partial charge is 0.140 e. The van der Waals surface area contributed by atoms with Crippen molar-refractivity contribution in [2.75, 3.05) is 0 Å². The molecule has 0 saturated heterocycles. The van der Waals surface area contributed by atoms with Gasteiger partial charge >= 0.3 is 0 Å². The second-order valence-electron chi connectivity index (χ2n) is 4.31. The van der Waals surface area contributed by atoms with Gasteiger partial charge in [0, 0.05) is 12.1 Å². The highest BCUT2D eigenvalue weighted by Crippen LogP contribution is 2.26. The number of nitrogens with zero attached hydrogens (tertiary/aromatic N) is 3. The molecule has 2 aliphatic heterocycles. The van der Waals surface area contributed by atoms with Gasteiger partial charge in [0.25, 0.3) is 0 Å². The van der Waals surface area contributed by atoms with Gasteiger partial charge in [-0.3, -0.25) is 5.43 Å². The van der Waals surface area contributed by atoms with Crippen molar-refractivity contribution < 1.29 is 0 Å². The largest absolute Gasteiger partial charge is 0.285 e. The summed E-state index contributed by atoms with van der Waals surface area (Å²) in [5, 5.41) is 2.03. The van der Waals surface area contributed by atoms with Crippen LogP contribution in [-0.2, 0) is 0 Å². The highest BCUT2D eigenvalue weighted by Gasteiger charge is 2.25. The first kappa shape index (κ1) is 10.2. The zero-order valence-corrected chi connectivity index (χ0v) is 9.78. The Morgan fingerprint density at radius 2 is 2.13 bits per heavy atom. The normalized spacial score (nSPS) is 30.7. The second-order valence-corrected chi connectivity index (χ2v) is 4.31. The van der Waals surface area contributed by atoms with Gasteiger partial charge in [-0.25, -0.2) is 15.0 Å². The first-order valence-corrected chi connectivity index (χ1v) is 5.41. The summed E-state index contributed by atoms with van der Waals surface area (Å²) < 4.78 is 0. The summed E-state index contributed by atoms with van der Waals surface area (Å²) in [6, 6.07) is 0. The molecule has 2 heterocycles. The van der Waals surface area contributed by atoms with E-state index in [-0.39, 0.29) is 6.17 Å². The molecule has 2 rings (SSSR count). The topological polar surface area (TPSA) is 40.0 Å². The summed E-state index contributed by atoms with van der Waals surface area (Å²) in [6.07, 6.45) is 2.88. The molecule has 82 valence electrons. The van der Waals surface area contributed by atoms with Gasteiger partial charge in [-0.15, -0.1) is 0 Å². The zero-order valence-electron chi connectivity index (χ0n) is 9.78. The minimum atomic E-state index is 0.155. The third kappa shape index (κ3) is 1.76. The SMILES string of the molecule is CC1=C(C)C(C)CC(N2NC=NC2C)=N1. The molecule has 0 spiro atoms. The van der Waals surface area contributed by atoms with Crippen LogP contribution in [0.4, 0.5) is 0 Å². The number of hydrogen-bond acceptors (Lipinski definition) is 4. The van der Waals surface area contributed by atoms with Gasteiger partial charge in [-0.2, -0.15) is 0 Å². The van der Waals surface area contributed by atoms with Gasteiger partial charge in [0.15, 0.2) is 0 Å². The lowest BCUT2D eigenvalue weighted by Crippen LogP contribution is -2.43. The highest BCUT2D eigenvalue weighted by atomic mass is 15.6. The Hall–Kier alpha value is -1.32. The van der Waals surface area contributed by atoms with Crippen LogP contribution in [-0.4, -0.2) is 23.3 Å². The van der Waals surface area contributed by atoms with E-state index in [1.165, 1.54) is 5.57 Å². The van der Waals surface area contributed by atoms with Crippen LogP contribution in [0.15, 0.2) is 21.3 Å². The van der Waals surface area contributed by atoms with Crippen molar-refractivity contribution in [2.45, 2.75) is 40.3 Å². The molecular formula is C11H18N4. The maximum absolute atomic E-state index is 4.63. The van der Waals surface area contributed by atoms with Crippen LogP contribution in [0.5, 0.6) is 0 Å². The molecule has 0 aromatic carbocycles. The third-order valence-electron chi connectivity index (χ3n) is 3.23. The number of hydrogen-bond donors (Lipinski definition) is 1. The molecule has 2 atom stereocenters. The van der Waals surface area contributed by atoms with E-state index in [1.807, 2.05) is 5.01 Å². The van der Waals surface area contributed by atoms with E-state index >= 15 is 0 Å². The first-order chi connectivity index (χ1) is 7.09. The van der Waals surface area contributed by atoms with Crippen LogP contribution in [0, 0.1) is 5.92 Å². The highest BCUT2D eigenvalue weighted by molar-refractivity contribution is 5.86. The molecule has 15 heavy (non-hydrogen) atoms. The van der Waals surface area contributed by atoms with Gasteiger partial charge in [-0.1, -0.05) is 6.92 Å². The third-order valence-corrected chi connectivity index (χ3v) is 3.23. The number of rotatable bonds is 0. The summed E-state index contributed by atoms with van der Waals surface area (Å²) in [5.41, 5.74) is 5.66. The number of nitrogens with one attached hydrogen (secondary N) is 1. The average Bonchev–Trinajstić information content (AvgIpc) is 2.60. The molecule has 4 nitrogen and oxygen atoms in total. The van der Waals surface area contributed by atoms with Crippen molar-refractivity contribution in [3.05, 3.63) is 11.3 Å². The molecule has 2 unspecified atom stereocenters. The standard InChI is InChI=1S/C11H18N4/c1-7-5-11(14-9(3)8(7)2)15-10(4)12-6-13-15/h6-7,10H,5H2,1-4H3,(H,12,13). The zero-order chi connectivity index (χ0) is 11.0. The van der Waals surface area contributed by atoms with Crippen molar-refractivity contribution in [3.8, 4) is 0 Å². The summed E-state index contributed by atoms with van der Waals surface area (Å²) in [5.74, 6) is 1.67. The Kier molecular flexibility index (Phi) is 2.50. The Morgan fingerprint density at radius 3 is 2.67 bits per heavy atom. The van der Waals surface area contributed by atoms with Crippen LogP contribution >= 0.6 is 0 Å². The lowest BCUT2D eigenvalue weighted by molar-refractivity contribution is 0.322. The van der Waals surface area contributed by atoms with Gasteiger partial charge in [0.1, 0.15) is 18.3 Å². The predicted molar refractivity (Wildman–Crippen MR) is 62.5 cm³/mol. The van der Waals surface area contributed by atoms with Crippen LogP contribution in [0.3, 0.4) is 0 Å². The Bertz CT molecular complexity index is 354. The Balaban J connectivity index is 2.22. The van der Waals surface area contributed by atoms with E-state index in [9.17, 15) is 0 Å². The number of allylic oxidation sites excluding steroid dienone is 2. The molecule has 0 fully saturated rings. The molecule has 0 bridgehead atoms. The molecular weight excluding hydrogens is 188 g/mol. The monoisotopic (exact) mass is 206 g/mol. The molecule has 0 amide bonds. The number of hydrazine groups is 1. The second kappa shape index (κ2) is 3.68. The van der Waals surface area contributed by atoms with E-state index in [2.05, 4.69) is 43.1 Å². The van der Waals surface area contributed by atoms with Crippen LogP contribution < -0.4 is 5.43 Å². The van der Waals surface area contributed by atoms with Crippen molar-refractivity contribution >= 4 is 12.2 Å². The molecule has 1 N–H and O–H groups in total. The minimum Gasteiger partial charge on any atom is -0.285 e. The number of aliphatic imine (C=N–C) groups is 2. The Labute approximate surface area is 90.8 Å². The van der Waals surface area contributed by atoms with E-state index in [0.29, 0.717) is 5.92 Å². The molecule has 4 heteroatoms. The fraction of sp³-hybridized carbons (Fsp3) is 0.636. The molecule has 2 aliphatic rings. The summed E-state index contributed by atoms with van der Waals surface area (Å²) in [6.45, 7) is 8.55. The van der Waals surface area contributed by atoms with Crippen molar-refractivity contribution in [1.29, 1.82) is 0 Å². The van der Waals surface area contributed by atoms with Gasteiger partial charge in [0.2, 0.25) is 0 Å². The lowest BCUT2D eigenvalue weighted by Gasteiger charge is -2.29. The van der Waals surface area contributed by atoms with Crippen LogP contribution in [0.25, 0.3) is 0 Å². The fourth-order valence-corrected chi connectivity index (χ4v) is 1.93. The molecule has 0 saturated carbocycles. The van der Waals surface area contributed by atoms with Crippen LogP contribution in [0.2, 0.25) is 0 Å². The van der Waals surface area contributed by atoms with E-state index < -0.39 is 0 Å². The minimum absolute atomic E-state index is 0.155. The van der Waals surface area contributed by atoms with Crippen LogP contribution in [0.1, 0.15) is 34.1 Å². The number of amidine groups is 1. The fourth-order valence-electron chi connectivity index (χ4n) is 1.93. The van der Waals surface area contributed by atoms with E-state index in [1.54, 1.807) is 6.34 Å². The molecule has 0 radical (unpaired) electrons. The van der Waals surface area contributed by atoms with Crippen molar-refractivity contribution in [1.82, 2.24) is 10.4 Å². The van der Waals surface area contributed by atoms with E-state index in [4.69, 9.17) is 0 Å². The lowest BCUT2D eigenvalue weighted by atomic mass is 9.94. The van der Waals surface area contributed by atoms with Gasteiger partial charge in [-0.05, 0) is 32.3 Å². The Morgan fingerprint density at radius 1 is 1.40 bits per heavy atom. The average molecular weight is 206 g/mol.